The number of anilines is 4. The number of likely N-dealkylation sites (tertiary alicyclic amines) is 1. The van der Waals surface area contributed by atoms with E-state index in [4.69, 9.17) is 51.7 Å². The van der Waals surface area contributed by atoms with E-state index in [1.54, 1.807) is 14.7 Å². The fourth-order valence-corrected chi connectivity index (χ4v) is 15.1. The molecule has 514 valence electrons. The summed E-state index contributed by atoms with van der Waals surface area (Å²) in [5.41, 5.74) is 5.57. The molecule has 24 heteroatoms. The Labute approximate surface area is 577 Å². The Hall–Kier alpha value is -8.58. The Morgan fingerprint density at radius 2 is 1.12 bits per heavy atom. The highest BCUT2D eigenvalue weighted by Gasteiger charge is 2.47. The van der Waals surface area contributed by atoms with Gasteiger partial charge in [0.2, 0.25) is 24.9 Å². The van der Waals surface area contributed by atoms with Crippen LogP contribution in [0, 0.1) is 13.1 Å². The number of carbonyl (C=O) groups excluding carboxylic acids is 3. The number of benzene rings is 4. The molecular weight excluding hydrogens is 1260 g/mol. The maximum atomic E-state index is 13.6. The van der Waals surface area contributed by atoms with Crippen LogP contribution in [0.3, 0.4) is 0 Å². The van der Waals surface area contributed by atoms with Gasteiger partial charge in [-0.05, 0) is 106 Å². The molecule has 4 aromatic carbocycles. The summed E-state index contributed by atoms with van der Waals surface area (Å²) < 4.78 is 25.5. The molecule has 12 rings (SSSR count). The van der Waals surface area contributed by atoms with E-state index in [2.05, 4.69) is 167 Å². The number of rotatable bonds is 16. The number of nitrogens with zero attached hydrogens (tertiary/aromatic N) is 13. The molecule has 6 atom stereocenters. The number of aliphatic hydroxyl groups is 1. The summed E-state index contributed by atoms with van der Waals surface area (Å²) in [5, 5.41) is 18.3. The molecule has 4 saturated heterocycles. The summed E-state index contributed by atoms with van der Waals surface area (Å²) in [4.78, 5) is 80.3. The molecule has 0 saturated carbocycles. The van der Waals surface area contributed by atoms with E-state index in [1.165, 1.54) is 39.4 Å². The number of hydrogen-bond acceptors (Lipinski definition) is 17. The van der Waals surface area contributed by atoms with Gasteiger partial charge in [0.25, 0.3) is 0 Å². The second-order valence-corrected chi connectivity index (χ2v) is 32.9. The second-order valence-electron chi connectivity index (χ2n) is 28.2. The Morgan fingerprint density at radius 1 is 0.639 bits per heavy atom. The van der Waals surface area contributed by atoms with Crippen molar-refractivity contribution in [2.24, 2.45) is 0 Å². The molecular formula is C73H93ClN14O8Si. The van der Waals surface area contributed by atoms with Crippen LogP contribution in [0.1, 0.15) is 76.9 Å². The monoisotopic (exact) mass is 1360 g/mol. The zero-order valence-corrected chi connectivity index (χ0v) is 59.1. The van der Waals surface area contributed by atoms with Crippen LogP contribution in [0.5, 0.6) is 12.0 Å². The average molecular weight is 1360 g/mol. The number of piperazine rings is 2. The predicted molar refractivity (Wildman–Crippen MR) is 384 cm³/mol. The molecule has 22 nitrogen and oxygen atoms in total. The average Bonchev–Trinajstić information content (AvgIpc) is 1.32. The van der Waals surface area contributed by atoms with Crippen LogP contribution < -0.4 is 34.4 Å². The smallest absolute Gasteiger partial charge is 0.410 e. The topological polar surface area (TPSA) is 203 Å². The van der Waals surface area contributed by atoms with Crippen molar-refractivity contribution in [3.63, 3.8) is 0 Å². The number of halogens is 1. The summed E-state index contributed by atoms with van der Waals surface area (Å²) in [6, 6.07) is 28.9. The minimum atomic E-state index is -2.20. The highest BCUT2D eigenvalue weighted by atomic mass is 35.5. The first-order valence-electron chi connectivity index (χ1n) is 33.7. The van der Waals surface area contributed by atoms with Crippen molar-refractivity contribution in [1.82, 2.24) is 40.0 Å². The third-order valence-electron chi connectivity index (χ3n) is 19.8. The van der Waals surface area contributed by atoms with Gasteiger partial charge in [0.1, 0.15) is 42.5 Å². The molecule has 8 heterocycles. The van der Waals surface area contributed by atoms with Gasteiger partial charge in [0.05, 0.1) is 48.8 Å². The summed E-state index contributed by atoms with van der Waals surface area (Å²) in [6.45, 7) is 46.9. The highest BCUT2D eigenvalue weighted by molar-refractivity contribution is 6.74. The van der Waals surface area contributed by atoms with Gasteiger partial charge in [0, 0.05) is 92.2 Å². The molecule has 3 amide bonds. The molecule has 0 bridgehead atoms. The van der Waals surface area contributed by atoms with E-state index < -0.39 is 32.2 Å². The molecule has 0 radical (unpaired) electrons. The molecule has 6 aromatic rings. The number of hydrogen-bond donors (Lipinski definition) is 2. The number of fused-ring (bicyclic) bond motifs is 4. The Balaban J connectivity index is 0.000000217. The lowest BCUT2D eigenvalue weighted by Crippen LogP contribution is -2.56. The van der Waals surface area contributed by atoms with Crippen molar-refractivity contribution in [2.45, 2.75) is 140 Å². The van der Waals surface area contributed by atoms with E-state index in [0.717, 1.165) is 65.9 Å². The summed E-state index contributed by atoms with van der Waals surface area (Å²) in [6.07, 6.45) is 4.39. The fraction of sp³-hybridized carbons (Fsp3) is 0.493. The van der Waals surface area contributed by atoms with Gasteiger partial charge in [-0.3, -0.25) is 14.5 Å². The van der Waals surface area contributed by atoms with Gasteiger partial charge in [-0.1, -0.05) is 107 Å². The van der Waals surface area contributed by atoms with Crippen LogP contribution in [0.2, 0.25) is 18.1 Å². The number of ether oxygens (including phenoxy) is 3. The zero-order valence-electron chi connectivity index (χ0n) is 57.3. The standard InChI is InChI=1S/C42H57N7O5Si.C31H35N7O3.ClH/c1-11-37(50)48-24-23-47(26-30(48)25-43-8)38-32-19-21-46(34-18-14-16-29-15-12-13-17-31(29)34)27-33(32)44-39(45-38)52-28-35-36(54-55(9,10)42(5,6)7)20-22-49(35)40(51)53-41(2,3)4;1-3-29(40)38-16-15-37(18-22(38)17-32-2)30-24-12-14-36(27-10-6-8-21-7-4-5-9-23(21)27)19-25(24)34-31(35-30)41-20-26-28(39)11-13-33-26;/h11-18,30,35-36H,1,19-28H2,2-7,9-10H3;3-10,22,26,28,33,39H,1,11-20H2;1H/t30-,35+,36-;22-,26+,28-;/m00./s1. The molecule has 0 spiro atoms. The summed E-state index contributed by atoms with van der Waals surface area (Å²) in [7, 11) is -2.20. The third kappa shape index (κ3) is 16.0. The van der Waals surface area contributed by atoms with Crippen LogP contribution in [-0.4, -0.2) is 200 Å². The van der Waals surface area contributed by atoms with Crippen molar-refractivity contribution in [1.29, 1.82) is 0 Å². The number of nitrogens with one attached hydrogen (secondary N) is 1. The Morgan fingerprint density at radius 3 is 1.58 bits per heavy atom. The third-order valence-corrected chi connectivity index (χ3v) is 24.3. The zero-order chi connectivity index (χ0) is 68.1. The van der Waals surface area contributed by atoms with Crippen molar-refractivity contribution in [3.8, 4) is 12.0 Å². The number of aliphatic hydroxyl groups excluding tert-OH is 1. The van der Waals surface area contributed by atoms with Gasteiger partial charge in [-0.15, -0.1) is 12.4 Å². The van der Waals surface area contributed by atoms with Crippen molar-refractivity contribution < 1.29 is 38.1 Å². The lowest BCUT2D eigenvalue weighted by molar-refractivity contribution is -0.129. The number of aromatic nitrogens is 4. The van der Waals surface area contributed by atoms with E-state index >= 15 is 0 Å². The molecule has 0 unspecified atom stereocenters. The lowest BCUT2D eigenvalue weighted by atomic mass is 10.0. The quantitative estimate of drug-likeness (QED) is 0.0526. The molecule has 6 aliphatic heterocycles. The van der Waals surface area contributed by atoms with Crippen LogP contribution in [0.25, 0.3) is 31.2 Å². The number of carbonyl (C=O) groups is 3. The molecule has 2 aromatic heterocycles. The Bertz CT molecular complexity index is 3930. The van der Waals surface area contributed by atoms with Gasteiger partial charge in [-0.25, -0.2) is 17.9 Å². The molecule has 97 heavy (non-hydrogen) atoms. The second kappa shape index (κ2) is 30.5. The van der Waals surface area contributed by atoms with Gasteiger partial charge in [0.15, 0.2) is 8.32 Å². The first kappa shape index (κ1) is 71.2. The van der Waals surface area contributed by atoms with Crippen LogP contribution >= 0.6 is 12.4 Å². The highest BCUT2D eigenvalue weighted by Crippen LogP contribution is 2.41. The molecule has 6 aliphatic rings. The lowest BCUT2D eigenvalue weighted by Gasteiger charge is -2.41. The predicted octanol–water partition coefficient (Wildman–Crippen LogP) is 9.93. The fourth-order valence-electron chi connectivity index (χ4n) is 13.8. The van der Waals surface area contributed by atoms with E-state index in [1.807, 2.05) is 20.8 Å². The van der Waals surface area contributed by atoms with Gasteiger partial charge in [-0.2, -0.15) is 19.9 Å². The van der Waals surface area contributed by atoms with E-state index in [-0.39, 0.29) is 91.8 Å². The SMILES string of the molecule is Cl.[C-]#[N+]C[C@H]1CN(c2nc(OC[C@@H]3[C@@H](O[Si](C)(C)C(C)(C)C)CCN3C(=O)OC(C)(C)C)nc3c2CCN(c2cccc4ccccc24)C3)CCN1C(=O)C=C.[C-]#[N+]C[C@H]1CN(c2nc(OC[C@H]3NCC[C@@H]3O)nc3c2CCN(c2cccc4ccccc24)C3)CCN1C(=O)C=C. The van der Waals surface area contributed by atoms with Crippen molar-refractivity contribution in [2.75, 3.05) is 111 Å². The molecule has 2 N–H and O–H groups in total. The van der Waals surface area contributed by atoms with Crippen LogP contribution in [0.15, 0.2) is 110 Å². The largest absolute Gasteiger partial charge is 0.462 e. The van der Waals surface area contributed by atoms with E-state index in [9.17, 15) is 19.5 Å². The van der Waals surface area contributed by atoms with Crippen LogP contribution in [0.4, 0.5) is 27.8 Å². The maximum absolute atomic E-state index is 13.6. The van der Waals surface area contributed by atoms with Gasteiger partial charge >= 0.3 is 18.1 Å². The molecule has 4 fully saturated rings. The molecule has 0 aliphatic carbocycles. The normalized spacial score (nSPS) is 21.1. The summed E-state index contributed by atoms with van der Waals surface area (Å²) >= 11 is 0. The van der Waals surface area contributed by atoms with Crippen molar-refractivity contribution >= 4 is 83.2 Å². The first-order chi connectivity index (χ1) is 46.0. The Kier molecular flexibility index (Phi) is 22.4. The van der Waals surface area contributed by atoms with Crippen LogP contribution in [-0.2, 0) is 44.7 Å². The minimum Gasteiger partial charge on any atom is -0.462 e. The summed E-state index contributed by atoms with van der Waals surface area (Å²) in [5.74, 6) is 1.25. The van der Waals surface area contributed by atoms with Gasteiger partial charge < -0.3 is 68.1 Å². The van der Waals surface area contributed by atoms with E-state index in [0.29, 0.717) is 78.2 Å². The maximum Gasteiger partial charge on any atom is 0.410 e. The van der Waals surface area contributed by atoms with Crippen molar-refractivity contribution in [3.05, 3.63) is 156 Å². The minimum absolute atomic E-state index is 0. The number of amides is 3. The first-order valence-corrected chi connectivity index (χ1v) is 36.6.